The Morgan fingerprint density at radius 2 is 1.89 bits per heavy atom. The minimum atomic E-state index is -4.52. The second-order valence-corrected chi connectivity index (χ2v) is 4.99. The summed E-state index contributed by atoms with van der Waals surface area (Å²) in [7, 11) is 0. The molecular formula is C12H15F3N2O2. The lowest BCUT2D eigenvalue weighted by Gasteiger charge is -2.22. The van der Waals surface area contributed by atoms with Crippen molar-refractivity contribution >= 4 is 5.97 Å². The number of carbonyl (C=O) groups is 1. The first kappa shape index (κ1) is 15.4. The molecule has 0 aliphatic carbocycles. The number of pyridine rings is 1. The Labute approximate surface area is 108 Å². The minimum Gasteiger partial charge on any atom is -0.459 e. The largest absolute Gasteiger partial charge is 0.459 e. The zero-order valence-electron chi connectivity index (χ0n) is 10.8. The van der Waals surface area contributed by atoms with Crippen LogP contribution in [0.5, 0.6) is 0 Å². The first-order valence-electron chi connectivity index (χ1n) is 5.52. The van der Waals surface area contributed by atoms with Crippen molar-refractivity contribution in [2.45, 2.75) is 38.6 Å². The molecular weight excluding hydrogens is 261 g/mol. The van der Waals surface area contributed by atoms with Crippen molar-refractivity contribution in [1.29, 1.82) is 0 Å². The highest BCUT2D eigenvalue weighted by Gasteiger charge is 2.32. The van der Waals surface area contributed by atoms with Crippen LogP contribution in [0.25, 0.3) is 0 Å². The van der Waals surface area contributed by atoms with Gasteiger partial charge in [0.25, 0.3) is 0 Å². The molecule has 1 atom stereocenters. The van der Waals surface area contributed by atoms with Crippen molar-refractivity contribution in [2.24, 2.45) is 5.73 Å². The Balaban J connectivity index is 2.84. The van der Waals surface area contributed by atoms with Gasteiger partial charge in [-0.1, -0.05) is 6.07 Å². The molecule has 2 N–H and O–H groups in total. The van der Waals surface area contributed by atoms with Crippen LogP contribution in [0, 0.1) is 0 Å². The highest BCUT2D eigenvalue weighted by molar-refractivity contribution is 5.77. The number of alkyl halides is 3. The third-order valence-corrected chi connectivity index (χ3v) is 2.10. The zero-order chi connectivity index (χ0) is 14.8. The Morgan fingerprint density at radius 3 is 2.26 bits per heavy atom. The average Bonchev–Trinajstić information content (AvgIpc) is 2.24. The van der Waals surface area contributed by atoms with E-state index in [1.807, 2.05) is 0 Å². The Morgan fingerprint density at radius 1 is 1.32 bits per heavy atom. The maximum atomic E-state index is 12.3. The number of halogens is 3. The summed E-state index contributed by atoms with van der Waals surface area (Å²) in [6.07, 6.45) is -3.59. The number of nitrogens with zero attached hydrogens (tertiary/aromatic N) is 1. The molecule has 1 aromatic heterocycles. The molecule has 1 rings (SSSR count). The summed E-state index contributed by atoms with van der Waals surface area (Å²) in [5.74, 6) is -0.714. The van der Waals surface area contributed by atoms with E-state index >= 15 is 0 Å². The molecule has 0 saturated carbocycles. The van der Waals surface area contributed by atoms with E-state index in [4.69, 9.17) is 10.5 Å². The number of carbonyl (C=O) groups excluding carboxylic acids is 1. The van der Waals surface area contributed by atoms with Gasteiger partial charge in [-0.05, 0) is 32.4 Å². The molecule has 0 radical (unpaired) electrons. The predicted molar refractivity (Wildman–Crippen MR) is 62.0 cm³/mol. The molecule has 0 aromatic carbocycles. The highest BCUT2D eigenvalue weighted by atomic mass is 19.4. The summed E-state index contributed by atoms with van der Waals surface area (Å²) >= 11 is 0. The summed E-state index contributed by atoms with van der Waals surface area (Å²) in [6.45, 7) is 5.01. The van der Waals surface area contributed by atoms with Gasteiger partial charge in [-0.3, -0.25) is 4.98 Å². The van der Waals surface area contributed by atoms with Gasteiger partial charge in [-0.15, -0.1) is 0 Å². The van der Waals surface area contributed by atoms with Crippen molar-refractivity contribution in [3.63, 3.8) is 0 Å². The van der Waals surface area contributed by atoms with Gasteiger partial charge in [0.05, 0.1) is 0 Å². The van der Waals surface area contributed by atoms with Crippen molar-refractivity contribution in [1.82, 2.24) is 4.98 Å². The first-order valence-corrected chi connectivity index (χ1v) is 5.52. The Hall–Kier alpha value is -1.63. The van der Waals surface area contributed by atoms with E-state index < -0.39 is 29.5 Å². The molecule has 1 heterocycles. The third kappa shape index (κ3) is 4.51. The molecule has 0 spiro atoms. The number of hydrogen-bond donors (Lipinski definition) is 1. The maximum Gasteiger partial charge on any atom is 0.433 e. The lowest BCUT2D eigenvalue weighted by atomic mass is 10.1. The summed E-state index contributed by atoms with van der Waals surface area (Å²) in [5.41, 5.74) is 4.03. The number of rotatable bonds is 2. The normalized spacial score (nSPS) is 14.1. The molecule has 0 saturated heterocycles. The lowest BCUT2D eigenvalue weighted by molar-refractivity contribution is -0.156. The van der Waals surface area contributed by atoms with Gasteiger partial charge in [-0.2, -0.15) is 13.2 Å². The topological polar surface area (TPSA) is 65.2 Å². The van der Waals surface area contributed by atoms with Gasteiger partial charge in [0.2, 0.25) is 0 Å². The Bertz CT molecular complexity index is 450. The van der Waals surface area contributed by atoms with Crippen LogP contribution in [0.1, 0.15) is 38.1 Å². The summed E-state index contributed by atoms with van der Waals surface area (Å²) in [5, 5.41) is 0. The molecule has 106 valence electrons. The summed E-state index contributed by atoms with van der Waals surface area (Å²) in [6, 6.07) is 0.735. The number of esters is 1. The minimum absolute atomic E-state index is 0.169. The van der Waals surface area contributed by atoms with Gasteiger partial charge in [0, 0.05) is 6.20 Å². The molecule has 0 fully saturated rings. The standard InChI is InChI=1S/C12H15F3N2O2/c1-11(2,3)19-10(18)9(16)7-4-5-8(17-6-7)12(13,14)15/h4-6,9H,16H2,1-3H3. The van der Waals surface area contributed by atoms with Gasteiger partial charge >= 0.3 is 12.1 Å². The summed E-state index contributed by atoms with van der Waals surface area (Å²) < 4.78 is 42.0. The van der Waals surface area contributed by atoms with Crippen LogP contribution in [0.4, 0.5) is 13.2 Å². The first-order chi connectivity index (χ1) is 8.50. The van der Waals surface area contributed by atoms with Crippen LogP contribution >= 0.6 is 0 Å². The second kappa shape index (κ2) is 5.16. The summed E-state index contributed by atoms with van der Waals surface area (Å²) in [4.78, 5) is 14.9. The van der Waals surface area contributed by atoms with E-state index in [1.54, 1.807) is 20.8 Å². The van der Waals surface area contributed by atoms with Gasteiger partial charge < -0.3 is 10.5 Å². The van der Waals surface area contributed by atoms with Crippen LogP contribution in [0.15, 0.2) is 18.3 Å². The number of aromatic nitrogens is 1. The SMILES string of the molecule is CC(C)(C)OC(=O)C(N)c1ccc(C(F)(F)F)nc1. The van der Waals surface area contributed by atoms with Crippen molar-refractivity contribution < 1.29 is 22.7 Å². The molecule has 1 aromatic rings. The van der Waals surface area contributed by atoms with Crippen molar-refractivity contribution in [3.8, 4) is 0 Å². The van der Waals surface area contributed by atoms with Crippen LogP contribution in [-0.4, -0.2) is 16.6 Å². The van der Waals surface area contributed by atoms with Gasteiger partial charge in [-0.25, -0.2) is 4.79 Å². The second-order valence-electron chi connectivity index (χ2n) is 4.99. The van der Waals surface area contributed by atoms with Crippen molar-refractivity contribution in [3.05, 3.63) is 29.6 Å². The molecule has 19 heavy (non-hydrogen) atoms. The van der Waals surface area contributed by atoms with E-state index in [0.29, 0.717) is 0 Å². The van der Waals surface area contributed by atoms with Gasteiger partial charge in [0.15, 0.2) is 0 Å². The molecule has 4 nitrogen and oxygen atoms in total. The van der Waals surface area contributed by atoms with Gasteiger partial charge in [0.1, 0.15) is 17.3 Å². The lowest BCUT2D eigenvalue weighted by Crippen LogP contribution is -2.31. The van der Waals surface area contributed by atoms with E-state index in [-0.39, 0.29) is 5.56 Å². The molecule has 0 amide bonds. The zero-order valence-corrected chi connectivity index (χ0v) is 10.8. The predicted octanol–water partition coefficient (Wildman–Crippen LogP) is 2.44. The maximum absolute atomic E-state index is 12.3. The fraction of sp³-hybridized carbons (Fsp3) is 0.500. The van der Waals surface area contributed by atoms with Crippen LogP contribution in [-0.2, 0) is 15.7 Å². The van der Waals surface area contributed by atoms with E-state index in [2.05, 4.69) is 4.98 Å². The van der Waals surface area contributed by atoms with Crippen molar-refractivity contribution in [2.75, 3.05) is 0 Å². The molecule has 7 heteroatoms. The quantitative estimate of drug-likeness (QED) is 0.843. The fourth-order valence-electron chi connectivity index (χ4n) is 1.26. The average molecular weight is 276 g/mol. The highest BCUT2D eigenvalue weighted by Crippen LogP contribution is 2.28. The van der Waals surface area contributed by atoms with Crippen LogP contribution in [0.3, 0.4) is 0 Å². The monoisotopic (exact) mass is 276 g/mol. The van der Waals surface area contributed by atoms with E-state index in [9.17, 15) is 18.0 Å². The number of nitrogens with two attached hydrogens (primary N) is 1. The molecule has 1 unspecified atom stereocenters. The molecule has 0 aliphatic heterocycles. The smallest absolute Gasteiger partial charge is 0.433 e. The molecule has 0 aliphatic rings. The van der Waals surface area contributed by atoms with E-state index in [1.165, 1.54) is 0 Å². The van der Waals surface area contributed by atoms with Crippen LogP contribution in [0.2, 0.25) is 0 Å². The van der Waals surface area contributed by atoms with Crippen LogP contribution < -0.4 is 5.73 Å². The number of hydrogen-bond acceptors (Lipinski definition) is 4. The molecule has 0 bridgehead atoms. The third-order valence-electron chi connectivity index (χ3n) is 2.10. The number of ether oxygens (including phenoxy) is 1. The Kier molecular flexibility index (Phi) is 4.19. The van der Waals surface area contributed by atoms with E-state index in [0.717, 1.165) is 18.3 Å². The fourth-order valence-corrected chi connectivity index (χ4v) is 1.26.